The molecule has 1 aliphatic carbocycles. The molecule has 3 aromatic rings. The molecule has 1 heterocycles. The molecule has 4 rings (SSSR count). The molecule has 1 aliphatic rings. The van der Waals surface area contributed by atoms with Crippen LogP contribution in [0.15, 0.2) is 65.8 Å². The first-order chi connectivity index (χ1) is 15.2. The number of carbonyl (C=O) groups excluding carboxylic acids is 1. The van der Waals surface area contributed by atoms with Crippen molar-refractivity contribution in [1.82, 2.24) is 20.1 Å². The highest BCUT2D eigenvalue weighted by Crippen LogP contribution is 2.25. The molecule has 7 heteroatoms. The number of aromatic nitrogens is 3. The van der Waals surface area contributed by atoms with Gasteiger partial charge in [-0.2, -0.15) is 0 Å². The standard InChI is InChI=1S/C24H28N4O2S/c1-18-10-8-9-15-21(18)25-23(29)17-31-24-27-26-22(16-30-20-13-6-3-7-14-20)28(24)19-11-4-2-5-12-19/h2-7,11-14,18,21H,8-10,15-17H2,1H3,(H,25,29)/t18-,21+/m0/s1. The van der Waals surface area contributed by atoms with Crippen molar-refractivity contribution >= 4 is 17.7 Å². The second kappa shape index (κ2) is 10.5. The Morgan fingerprint density at radius 1 is 1.06 bits per heavy atom. The van der Waals surface area contributed by atoms with Crippen molar-refractivity contribution in [3.05, 3.63) is 66.5 Å². The monoisotopic (exact) mass is 436 g/mol. The van der Waals surface area contributed by atoms with Gasteiger partial charge in [0.1, 0.15) is 12.4 Å². The van der Waals surface area contributed by atoms with Crippen LogP contribution in [0, 0.1) is 5.92 Å². The van der Waals surface area contributed by atoms with E-state index in [1.54, 1.807) is 0 Å². The number of hydrogen-bond donors (Lipinski definition) is 1. The lowest BCUT2D eigenvalue weighted by Gasteiger charge is -2.29. The Bertz CT molecular complexity index is 978. The zero-order valence-electron chi connectivity index (χ0n) is 17.7. The maximum Gasteiger partial charge on any atom is 0.230 e. The van der Waals surface area contributed by atoms with E-state index in [2.05, 4.69) is 22.4 Å². The second-order valence-corrected chi connectivity index (χ2v) is 8.84. The van der Waals surface area contributed by atoms with E-state index in [1.807, 2.05) is 65.2 Å². The first-order valence-corrected chi connectivity index (χ1v) is 11.8. The second-order valence-electron chi connectivity index (χ2n) is 7.90. The minimum atomic E-state index is 0.0495. The number of amides is 1. The third-order valence-corrected chi connectivity index (χ3v) is 6.55. The number of para-hydroxylation sites is 2. The van der Waals surface area contributed by atoms with E-state index in [1.165, 1.54) is 31.0 Å². The van der Waals surface area contributed by atoms with Crippen LogP contribution in [0.5, 0.6) is 5.75 Å². The van der Waals surface area contributed by atoms with Crippen LogP contribution in [0.1, 0.15) is 38.4 Å². The lowest BCUT2D eigenvalue weighted by molar-refractivity contribution is -0.119. The number of carbonyl (C=O) groups is 1. The molecule has 0 bridgehead atoms. The summed E-state index contributed by atoms with van der Waals surface area (Å²) in [5.41, 5.74) is 0.947. The fraction of sp³-hybridized carbons (Fsp3) is 0.375. The highest BCUT2D eigenvalue weighted by Gasteiger charge is 2.23. The molecule has 162 valence electrons. The third-order valence-electron chi connectivity index (χ3n) is 5.62. The van der Waals surface area contributed by atoms with Gasteiger partial charge in [0.2, 0.25) is 5.91 Å². The average Bonchev–Trinajstić information content (AvgIpc) is 3.22. The molecule has 6 nitrogen and oxygen atoms in total. The van der Waals surface area contributed by atoms with Crippen molar-refractivity contribution in [2.45, 2.75) is 50.4 Å². The predicted octanol–water partition coefficient (Wildman–Crippen LogP) is 4.63. The summed E-state index contributed by atoms with van der Waals surface area (Å²) in [4.78, 5) is 12.6. The molecule has 31 heavy (non-hydrogen) atoms. The summed E-state index contributed by atoms with van der Waals surface area (Å²) in [6, 6.07) is 19.9. The number of nitrogens with zero attached hydrogens (tertiary/aromatic N) is 3. The van der Waals surface area contributed by atoms with Gasteiger partial charge in [-0.25, -0.2) is 0 Å². The maximum atomic E-state index is 12.6. The predicted molar refractivity (Wildman–Crippen MR) is 122 cm³/mol. The van der Waals surface area contributed by atoms with Crippen LogP contribution >= 0.6 is 11.8 Å². The highest BCUT2D eigenvalue weighted by atomic mass is 32.2. The summed E-state index contributed by atoms with van der Waals surface area (Å²) < 4.78 is 7.86. The van der Waals surface area contributed by atoms with Gasteiger partial charge < -0.3 is 10.1 Å². The first kappa shape index (κ1) is 21.4. The van der Waals surface area contributed by atoms with E-state index in [9.17, 15) is 4.79 Å². The topological polar surface area (TPSA) is 69.0 Å². The number of benzene rings is 2. The Hall–Kier alpha value is -2.80. The van der Waals surface area contributed by atoms with Crippen LogP contribution in [0.2, 0.25) is 0 Å². The lowest BCUT2D eigenvalue weighted by atomic mass is 9.86. The average molecular weight is 437 g/mol. The van der Waals surface area contributed by atoms with Crippen molar-refractivity contribution in [2.24, 2.45) is 5.92 Å². The molecular formula is C24H28N4O2S. The van der Waals surface area contributed by atoms with E-state index in [0.29, 0.717) is 22.7 Å². The quantitative estimate of drug-likeness (QED) is 0.521. The number of hydrogen-bond acceptors (Lipinski definition) is 5. The van der Waals surface area contributed by atoms with Gasteiger partial charge in [-0.3, -0.25) is 9.36 Å². The minimum Gasteiger partial charge on any atom is -0.486 e. The first-order valence-electron chi connectivity index (χ1n) is 10.8. The summed E-state index contributed by atoms with van der Waals surface area (Å²) >= 11 is 1.40. The van der Waals surface area contributed by atoms with Gasteiger partial charge in [-0.15, -0.1) is 10.2 Å². The molecular weight excluding hydrogens is 408 g/mol. The normalized spacial score (nSPS) is 18.5. The molecule has 0 radical (unpaired) electrons. The van der Waals surface area contributed by atoms with Gasteiger partial charge >= 0.3 is 0 Å². The SMILES string of the molecule is C[C@H]1CCCC[C@H]1NC(=O)CSc1nnc(COc2ccccc2)n1-c1ccccc1. The molecule has 2 atom stereocenters. The van der Waals surface area contributed by atoms with Gasteiger partial charge in [0, 0.05) is 11.7 Å². The Morgan fingerprint density at radius 3 is 2.52 bits per heavy atom. The minimum absolute atomic E-state index is 0.0495. The molecule has 1 aromatic heterocycles. The Kier molecular flexibility index (Phi) is 7.25. The van der Waals surface area contributed by atoms with Gasteiger partial charge in [0.05, 0.1) is 5.75 Å². The van der Waals surface area contributed by atoms with Crippen molar-refractivity contribution in [3.63, 3.8) is 0 Å². The molecule has 2 aromatic carbocycles. The van der Waals surface area contributed by atoms with Crippen LogP contribution in [0.25, 0.3) is 5.69 Å². The molecule has 1 N–H and O–H groups in total. The highest BCUT2D eigenvalue weighted by molar-refractivity contribution is 7.99. The Morgan fingerprint density at radius 2 is 1.77 bits per heavy atom. The van der Waals surface area contributed by atoms with E-state index < -0.39 is 0 Å². The van der Waals surface area contributed by atoms with Crippen molar-refractivity contribution in [3.8, 4) is 11.4 Å². The van der Waals surface area contributed by atoms with E-state index in [4.69, 9.17) is 4.74 Å². The van der Waals surface area contributed by atoms with Gasteiger partial charge in [-0.05, 0) is 43.0 Å². The summed E-state index contributed by atoms with van der Waals surface area (Å²) in [6.45, 7) is 2.51. The number of nitrogens with one attached hydrogen (secondary N) is 1. The van der Waals surface area contributed by atoms with Crippen LogP contribution in [-0.4, -0.2) is 32.5 Å². The molecule has 0 unspecified atom stereocenters. The molecule has 1 fully saturated rings. The van der Waals surface area contributed by atoms with E-state index in [-0.39, 0.29) is 18.6 Å². The van der Waals surface area contributed by atoms with Gasteiger partial charge in [0.15, 0.2) is 11.0 Å². The summed E-state index contributed by atoms with van der Waals surface area (Å²) in [5.74, 6) is 2.37. The largest absolute Gasteiger partial charge is 0.486 e. The molecule has 1 amide bonds. The van der Waals surface area contributed by atoms with E-state index in [0.717, 1.165) is 17.9 Å². The summed E-state index contributed by atoms with van der Waals surface area (Å²) in [7, 11) is 0. The molecule has 0 spiro atoms. The summed E-state index contributed by atoms with van der Waals surface area (Å²) in [6.07, 6.45) is 4.70. The van der Waals surface area contributed by atoms with Crippen molar-refractivity contribution in [1.29, 1.82) is 0 Å². The molecule has 0 saturated heterocycles. The van der Waals surface area contributed by atoms with Crippen molar-refractivity contribution < 1.29 is 9.53 Å². The number of ether oxygens (including phenoxy) is 1. The molecule has 0 aliphatic heterocycles. The van der Waals surface area contributed by atoms with Crippen LogP contribution in [0.4, 0.5) is 0 Å². The van der Waals surface area contributed by atoms with Gasteiger partial charge in [-0.1, -0.05) is 67.9 Å². The smallest absolute Gasteiger partial charge is 0.230 e. The number of rotatable bonds is 8. The van der Waals surface area contributed by atoms with Crippen LogP contribution in [-0.2, 0) is 11.4 Å². The summed E-state index contributed by atoms with van der Waals surface area (Å²) in [5, 5.41) is 12.6. The van der Waals surface area contributed by atoms with Crippen LogP contribution < -0.4 is 10.1 Å². The Labute approximate surface area is 187 Å². The number of thioether (sulfide) groups is 1. The van der Waals surface area contributed by atoms with E-state index >= 15 is 0 Å². The zero-order valence-corrected chi connectivity index (χ0v) is 18.6. The van der Waals surface area contributed by atoms with Crippen molar-refractivity contribution in [2.75, 3.05) is 5.75 Å². The lowest BCUT2D eigenvalue weighted by Crippen LogP contribution is -2.41. The fourth-order valence-corrected chi connectivity index (χ4v) is 4.68. The van der Waals surface area contributed by atoms with Gasteiger partial charge in [0.25, 0.3) is 0 Å². The Balaban J connectivity index is 1.45. The fourth-order valence-electron chi connectivity index (χ4n) is 3.90. The maximum absolute atomic E-state index is 12.6. The third kappa shape index (κ3) is 5.67. The zero-order chi connectivity index (χ0) is 21.5. The van der Waals surface area contributed by atoms with Crippen LogP contribution in [0.3, 0.4) is 0 Å². The molecule has 1 saturated carbocycles.